The molecule has 0 aliphatic heterocycles. The summed E-state index contributed by atoms with van der Waals surface area (Å²) in [5, 5.41) is 0. The van der Waals surface area contributed by atoms with E-state index in [1.807, 2.05) is 24.6 Å². The third-order valence-corrected chi connectivity index (χ3v) is 6.66. The van der Waals surface area contributed by atoms with Gasteiger partial charge in [-0.25, -0.2) is 4.57 Å². The Balaban J connectivity index is 1.97. The summed E-state index contributed by atoms with van der Waals surface area (Å²) in [6.07, 6.45) is 6.43. The predicted molar refractivity (Wildman–Crippen MR) is 137 cm³/mol. The predicted octanol–water partition coefficient (Wildman–Crippen LogP) is 8.12. The molecule has 1 heterocycles. The van der Waals surface area contributed by atoms with E-state index < -0.39 is 25.0 Å². The Kier molecular flexibility index (Phi) is 4.06. The van der Waals surface area contributed by atoms with Gasteiger partial charge < -0.3 is 0 Å². The Labute approximate surface area is 206 Å². The molecular weight excluding hydrogens is 386 g/mol. The molecule has 0 atom stereocenters. The SMILES string of the molecule is [2H]c1cc(C2([2H])CCCCC2)cc(C(C)(C)C)c1-c1c[n+](C)c(-c2ccc(C([2H])([2H])[2H])cc2C)cc1C([2H])([2H])[2H]. The maximum absolute atomic E-state index is 9.19. The highest BCUT2D eigenvalue weighted by atomic mass is 14.9. The minimum Gasteiger partial charge on any atom is -0.200 e. The van der Waals surface area contributed by atoms with Gasteiger partial charge in [0, 0.05) is 26.8 Å². The normalized spacial score (nSPS) is 20.7. The van der Waals surface area contributed by atoms with Crippen molar-refractivity contribution in [1.29, 1.82) is 0 Å². The molecule has 1 aromatic heterocycles. The topological polar surface area (TPSA) is 3.88 Å². The van der Waals surface area contributed by atoms with E-state index >= 15 is 0 Å². The summed E-state index contributed by atoms with van der Waals surface area (Å²) in [6.45, 7) is 3.33. The Morgan fingerprint density at radius 2 is 1.72 bits per heavy atom. The van der Waals surface area contributed by atoms with Crippen molar-refractivity contribution >= 4 is 0 Å². The van der Waals surface area contributed by atoms with Crippen LogP contribution in [0.15, 0.2) is 48.6 Å². The molecule has 0 radical (unpaired) electrons. The van der Waals surface area contributed by atoms with Gasteiger partial charge in [-0.1, -0.05) is 75.9 Å². The first-order chi connectivity index (χ1) is 18.3. The first-order valence-electron chi connectivity index (χ1n) is 15.6. The van der Waals surface area contributed by atoms with Gasteiger partial charge >= 0.3 is 0 Å². The summed E-state index contributed by atoms with van der Waals surface area (Å²) in [5.74, 6) is -0.730. The van der Waals surface area contributed by atoms with E-state index in [0.29, 0.717) is 16.8 Å². The van der Waals surface area contributed by atoms with E-state index in [4.69, 9.17) is 9.60 Å². The molecule has 32 heavy (non-hydrogen) atoms. The van der Waals surface area contributed by atoms with Gasteiger partial charge in [-0.05, 0) is 78.7 Å². The number of aromatic nitrogens is 1. The van der Waals surface area contributed by atoms with Crippen LogP contribution in [0.1, 0.15) is 97.6 Å². The van der Waals surface area contributed by atoms with E-state index in [1.54, 1.807) is 36.5 Å². The summed E-state index contributed by atoms with van der Waals surface area (Å²) in [6, 6.07) is 10.6. The van der Waals surface area contributed by atoms with Crippen LogP contribution < -0.4 is 4.57 Å². The Morgan fingerprint density at radius 1 is 0.938 bits per heavy atom. The number of aryl methyl sites for hydroxylation is 4. The molecule has 0 unspecified atom stereocenters. The highest BCUT2D eigenvalue weighted by Gasteiger charge is 2.25. The zero-order valence-electron chi connectivity index (χ0n) is 28.0. The van der Waals surface area contributed by atoms with Crippen LogP contribution in [0.25, 0.3) is 22.4 Å². The maximum Gasteiger partial charge on any atom is 0.212 e. The highest BCUT2D eigenvalue weighted by Crippen LogP contribution is 2.40. The summed E-state index contributed by atoms with van der Waals surface area (Å²) in [5.41, 5.74) is 4.89. The van der Waals surface area contributed by atoms with Crippen LogP contribution >= 0.6 is 0 Å². The van der Waals surface area contributed by atoms with E-state index in [-0.39, 0.29) is 17.2 Å². The number of pyridine rings is 1. The average molecular weight is 435 g/mol. The van der Waals surface area contributed by atoms with Crippen molar-refractivity contribution in [2.45, 2.75) is 84.8 Å². The number of rotatable bonds is 3. The molecule has 1 nitrogen and oxygen atoms in total. The molecule has 1 saturated carbocycles. The second kappa shape index (κ2) is 8.85. The lowest BCUT2D eigenvalue weighted by Crippen LogP contribution is -2.31. The molecule has 168 valence electrons. The Bertz CT molecular complexity index is 1420. The van der Waals surface area contributed by atoms with E-state index in [9.17, 15) is 1.37 Å². The van der Waals surface area contributed by atoms with Gasteiger partial charge in [-0.15, -0.1) is 0 Å². The second-order valence-electron chi connectivity index (χ2n) is 10.2. The van der Waals surface area contributed by atoms with Gasteiger partial charge in [0.15, 0.2) is 6.20 Å². The minimum absolute atomic E-state index is 0.143. The van der Waals surface area contributed by atoms with Gasteiger partial charge in [-0.2, -0.15) is 0 Å². The molecule has 3 aromatic rings. The van der Waals surface area contributed by atoms with Crippen molar-refractivity contribution in [3.8, 4) is 22.4 Å². The maximum atomic E-state index is 9.19. The van der Waals surface area contributed by atoms with E-state index in [2.05, 4.69) is 20.8 Å². The molecule has 1 aliphatic carbocycles. The van der Waals surface area contributed by atoms with Gasteiger partial charge in [0.25, 0.3) is 0 Å². The second-order valence-corrected chi connectivity index (χ2v) is 10.2. The van der Waals surface area contributed by atoms with Gasteiger partial charge in [0.05, 0.1) is 1.37 Å². The summed E-state index contributed by atoms with van der Waals surface area (Å²) < 4.78 is 68.8. The molecule has 0 bridgehead atoms. The minimum atomic E-state index is -2.45. The number of benzene rings is 2. The molecule has 0 amide bonds. The van der Waals surface area contributed by atoms with Gasteiger partial charge in [0.1, 0.15) is 7.05 Å². The molecular formula is C31H40N+. The van der Waals surface area contributed by atoms with Gasteiger partial charge in [0.2, 0.25) is 5.69 Å². The third-order valence-electron chi connectivity index (χ3n) is 6.66. The first kappa shape index (κ1) is 14.7. The number of hydrogen-bond acceptors (Lipinski definition) is 0. The van der Waals surface area contributed by atoms with Crippen molar-refractivity contribution in [2.75, 3.05) is 0 Å². The smallest absolute Gasteiger partial charge is 0.200 e. The van der Waals surface area contributed by atoms with Crippen molar-refractivity contribution in [2.24, 2.45) is 7.05 Å². The lowest BCUT2D eigenvalue weighted by atomic mass is 9.77. The number of nitrogens with zero attached hydrogens (tertiary/aromatic N) is 1. The Morgan fingerprint density at radius 3 is 2.38 bits per heavy atom. The summed E-state index contributed by atoms with van der Waals surface area (Å²) in [4.78, 5) is 0. The fourth-order valence-electron chi connectivity index (χ4n) is 4.85. The molecule has 4 rings (SSSR count). The molecule has 0 saturated heterocycles. The van der Waals surface area contributed by atoms with Crippen LogP contribution in [0.3, 0.4) is 0 Å². The molecule has 0 spiro atoms. The van der Waals surface area contributed by atoms with Crippen molar-refractivity contribution in [3.05, 3.63) is 76.5 Å². The van der Waals surface area contributed by atoms with Crippen LogP contribution in [-0.4, -0.2) is 0 Å². The first-order valence-corrected chi connectivity index (χ1v) is 11.6. The van der Waals surface area contributed by atoms with Gasteiger partial charge in [-0.3, -0.25) is 0 Å². The molecule has 0 N–H and O–H groups in total. The average Bonchev–Trinajstić information content (AvgIpc) is 2.82. The monoisotopic (exact) mass is 434 g/mol. The lowest BCUT2D eigenvalue weighted by molar-refractivity contribution is -0.660. The third kappa shape index (κ3) is 4.53. The van der Waals surface area contributed by atoms with Crippen molar-refractivity contribution in [3.63, 3.8) is 0 Å². The number of hydrogen-bond donors (Lipinski definition) is 0. The molecule has 1 heteroatoms. The quantitative estimate of drug-likeness (QED) is 0.366. The summed E-state index contributed by atoms with van der Waals surface area (Å²) in [7, 11) is 1.84. The molecule has 1 fully saturated rings. The zero-order chi connectivity index (χ0) is 29.8. The van der Waals surface area contributed by atoms with Crippen LogP contribution in [0.5, 0.6) is 0 Å². The fourth-order valence-corrected chi connectivity index (χ4v) is 4.85. The van der Waals surface area contributed by atoms with E-state index in [0.717, 1.165) is 54.4 Å². The lowest BCUT2D eigenvalue weighted by Gasteiger charge is -2.28. The van der Waals surface area contributed by atoms with Crippen LogP contribution in [0.2, 0.25) is 0 Å². The van der Waals surface area contributed by atoms with Crippen LogP contribution in [0, 0.1) is 20.6 Å². The van der Waals surface area contributed by atoms with Crippen LogP contribution in [-0.2, 0) is 12.5 Å². The Hall–Kier alpha value is -2.41. The zero-order valence-corrected chi connectivity index (χ0v) is 20.0. The molecule has 1 aliphatic rings. The largest absolute Gasteiger partial charge is 0.212 e. The van der Waals surface area contributed by atoms with Crippen molar-refractivity contribution < 1.29 is 15.5 Å². The summed E-state index contributed by atoms with van der Waals surface area (Å²) >= 11 is 0. The fraction of sp³-hybridized carbons (Fsp3) is 0.452. The van der Waals surface area contributed by atoms with Crippen LogP contribution in [0.4, 0.5) is 0 Å². The van der Waals surface area contributed by atoms with Crippen molar-refractivity contribution in [1.82, 2.24) is 0 Å². The molecule has 2 aromatic carbocycles. The standard InChI is InChI=1S/C31H40N/c1-21-13-15-26(22(2)17-21)30-18-23(3)28(20-32(30)7)27-16-14-25(19-29(27)31(4,5)6)24-11-9-8-10-12-24/h13-20,24H,8-12H2,1-7H3/q+1/i1D3,3D3,16D,24D. The van der Waals surface area contributed by atoms with E-state index in [1.165, 1.54) is 0 Å². The highest BCUT2D eigenvalue weighted by molar-refractivity contribution is 5.73.